The standard InChI is InChI=1S/C23H22FN3O3S/c1-2-11-30-17-9-5-15(6-10-17)18-12-19(28)25-21-20(18)22(29)27-23(26-21)31-13-14-3-7-16(24)8-4-14/h3-10,18H,2,11-13H2,1H3,(H2,25,26,27,28,29)/t18-/m1/s1. The number of thioether (sulfide) groups is 1. The Morgan fingerprint density at radius 1 is 1.13 bits per heavy atom. The largest absolute Gasteiger partial charge is 0.494 e. The summed E-state index contributed by atoms with van der Waals surface area (Å²) in [6.45, 7) is 2.67. The summed E-state index contributed by atoms with van der Waals surface area (Å²) in [6.07, 6.45) is 1.09. The molecule has 6 nitrogen and oxygen atoms in total. The highest BCUT2D eigenvalue weighted by atomic mass is 32.2. The van der Waals surface area contributed by atoms with Crippen LogP contribution in [0.25, 0.3) is 0 Å². The molecule has 31 heavy (non-hydrogen) atoms. The van der Waals surface area contributed by atoms with Crippen LogP contribution >= 0.6 is 11.8 Å². The predicted molar refractivity (Wildman–Crippen MR) is 118 cm³/mol. The van der Waals surface area contributed by atoms with Gasteiger partial charge in [-0.05, 0) is 41.8 Å². The molecule has 1 amide bonds. The molecule has 1 aliphatic heterocycles. The number of ether oxygens (including phenoxy) is 1. The molecule has 0 aliphatic carbocycles. The maximum Gasteiger partial charge on any atom is 0.257 e. The number of rotatable bonds is 7. The summed E-state index contributed by atoms with van der Waals surface area (Å²) in [5.41, 5.74) is 1.94. The van der Waals surface area contributed by atoms with Gasteiger partial charge in [0.1, 0.15) is 17.4 Å². The molecule has 0 spiro atoms. The summed E-state index contributed by atoms with van der Waals surface area (Å²) >= 11 is 1.32. The lowest BCUT2D eigenvalue weighted by molar-refractivity contribution is -0.116. The number of anilines is 1. The van der Waals surface area contributed by atoms with Crippen molar-refractivity contribution in [3.8, 4) is 5.75 Å². The van der Waals surface area contributed by atoms with Gasteiger partial charge in [0.2, 0.25) is 5.91 Å². The van der Waals surface area contributed by atoms with E-state index < -0.39 is 0 Å². The Bertz CT molecular complexity index is 1130. The Hall–Kier alpha value is -3.13. The number of hydrogen-bond donors (Lipinski definition) is 2. The molecule has 2 heterocycles. The highest BCUT2D eigenvalue weighted by Crippen LogP contribution is 2.35. The number of H-pyrrole nitrogens is 1. The average molecular weight is 440 g/mol. The summed E-state index contributed by atoms with van der Waals surface area (Å²) in [6, 6.07) is 13.6. The van der Waals surface area contributed by atoms with Crippen LogP contribution in [0.15, 0.2) is 58.5 Å². The third-order valence-electron chi connectivity index (χ3n) is 4.97. The third-order valence-corrected chi connectivity index (χ3v) is 5.92. The Morgan fingerprint density at radius 3 is 2.58 bits per heavy atom. The van der Waals surface area contributed by atoms with Crippen LogP contribution in [0.3, 0.4) is 0 Å². The summed E-state index contributed by atoms with van der Waals surface area (Å²) in [4.78, 5) is 32.5. The Kier molecular flexibility index (Phi) is 6.36. The van der Waals surface area contributed by atoms with Gasteiger partial charge in [0, 0.05) is 18.1 Å². The van der Waals surface area contributed by atoms with Gasteiger partial charge in [-0.2, -0.15) is 0 Å². The zero-order valence-electron chi connectivity index (χ0n) is 17.0. The van der Waals surface area contributed by atoms with E-state index in [1.807, 2.05) is 31.2 Å². The van der Waals surface area contributed by atoms with Crippen molar-refractivity contribution in [2.24, 2.45) is 0 Å². The second kappa shape index (κ2) is 9.34. The molecule has 0 unspecified atom stereocenters. The van der Waals surface area contributed by atoms with Crippen molar-refractivity contribution in [2.45, 2.75) is 36.6 Å². The predicted octanol–water partition coefficient (Wildman–Crippen LogP) is 4.46. The molecule has 0 saturated carbocycles. The van der Waals surface area contributed by atoms with E-state index in [0.717, 1.165) is 23.3 Å². The number of fused-ring (bicyclic) bond motifs is 1. The van der Waals surface area contributed by atoms with Crippen LogP contribution in [0.1, 0.15) is 42.4 Å². The number of nitrogens with one attached hydrogen (secondary N) is 2. The number of aromatic nitrogens is 2. The van der Waals surface area contributed by atoms with Crippen LogP contribution in [0, 0.1) is 5.82 Å². The van der Waals surface area contributed by atoms with E-state index in [0.29, 0.717) is 23.1 Å². The minimum Gasteiger partial charge on any atom is -0.494 e. The minimum atomic E-state index is -0.378. The molecule has 0 radical (unpaired) electrons. The van der Waals surface area contributed by atoms with Crippen molar-refractivity contribution < 1.29 is 13.9 Å². The summed E-state index contributed by atoms with van der Waals surface area (Å²) in [7, 11) is 0. The van der Waals surface area contributed by atoms with Crippen LogP contribution < -0.4 is 15.6 Å². The topological polar surface area (TPSA) is 84.1 Å². The van der Waals surface area contributed by atoms with Crippen LogP contribution in [0.4, 0.5) is 10.2 Å². The molecule has 0 bridgehead atoms. The van der Waals surface area contributed by atoms with Gasteiger partial charge in [0.15, 0.2) is 5.16 Å². The highest BCUT2D eigenvalue weighted by molar-refractivity contribution is 7.98. The van der Waals surface area contributed by atoms with Crippen molar-refractivity contribution in [1.29, 1.82) is 0 Å². The number of benzene rings is 2. The fourth-order valence-corrected chi connectivity index (χ4v) is 4.27. The summed E-state index contributed by atoms with van der Waals surface area (Å²) in [5.74, 6) is 0.697. The van der Waals surface area contributed by atoms with E-state index in [9.17, 15) is 14.0 Å². The van der Waals surface area contributed by atoms with E-state index in [2.05, 4.69) is 15.3 Å². The maximum absolute atomic E-state index is 13.1. The van der Waals surface area contributed by atoms with E-state index >= 15 is 0 Å². The molecule has 1 aliphatic rings. The number of nitrogens with zero attached hydrogens (tertiary/aromatic N) is 1. The van der Waals surface area contributed by atoms with Crippen molar-refractivity contribution in [3.63, 3.8) is 0 Å². The van der Waals surface area contributed by atoms with Crippen LogP contribution in [0.5, 0.6) is 5.75 Å². The lowest BCUT2D eigenvalue weighted by Gasteiger charge is -2.24. The van der Waals surface area contributed by atoms with Crippen molar-refractivity contribution in [2.75, 3.05) is 11.9 Å². The summed E-state index contributed by atoms with van der Waals surface area (Å²) < 4.78 is 18.7. The van der Waals surface area contributed by atoms with Gasteiger partial charge in [-0.3, -0.25) is 9.59 Å². The molecule has 0 fully saturated rings. The lowest BCUT2D eigenvalue weighted by atomic mass is 9.87. The zero-order valence-corrected chi connectivity index (χ0v) is 17.8. The van der Waals surface area contributed by atoms with Gasteiger partial charge in [-0.1, -0.05) is 43.0 Å². The first-order chi connectivity index (χ1) is 15.0. The van der Waals surface area contributed by atoms with E-state index in [-0.39, 0.29) is 35.4 Å². The molecule has 3 aromatic rings. The Morgan fingerprint density at radius 2 is 1.87 bits per heavy atom. The van der Waals surface area contributed by atoms with Crippen molar-refractivity contribution in [3.05, 3.63) is 81.4 Å². The minimum absolute atomic E-state index is 0.176. The van der Waals surface area contributed by atoms with E-state index in [1.54, 1.807) is 12.1 Å². The fourth-order valence-electron chi connectivity index (χ4n) is 3.45. The normalized spacial score (nSPS) is 15.3. The zero-order chi connectivity index (χ0) is 21.8. The molecule has 8 heteroatoms. The molecule has 2 aromatic carbocycles. The van der Waals surface area contributed by atoms with Crippen molar-refractivity contribution in [1.82, 2.24) is 9.97 Å². The number of carbonyl (C=O) groups is 1. The SMILES string of the molecule is CCCOc1ccc([C@H]2CC(=O)Nc3nc(SCc4ccc(F)cc4)[nH]c(=O)c32)cc1. The second-order valence-electron chi connectivity index (χ2n) is 7.27. The van der Waals surface area contributed by atoms with Crippen LogP contribution in [-0.4, -0.2) is 22.5 Å². The third kappa shape index (κ3) is 4.96. The lowest BCUT2D eigenvalue weighted by Crippen LogP contribution is -2.31. The van der Waals surface area contributed by atoms with Gasteiger partial charge in [0.25, 0.3) is 5.56 Å². The maximum atomic E-state index is 13.1. The Labute approximate surface area is 183 Å². The number of amides is 1. The first-order valence-corrected chi connectivity index (χ1v) is 11.1. The Balaban J connectivity index is 1.58. The molecular formula is C23H22FN3O3S. The molecular weight excluding hydrogens is 417 g/mol. The van der Waals surface area contributed by atoms with Crippen LogP contribution in [-0.2, 0) is 10.5 Å². The van der Waals surface area contributed by atoms with E-state index in [4.69, 9.17) is 4.74 Å². The van der Waals surface area contributed by atoms with Gasteiger partial charge in [-0.25, -0.2) is 9.37 Å². The number of hydrogen-bond acceptors (Lipinski definition) is 5. The molecule has 160 valence electrons. The number of aromatic amines is 1. The second-order valence-corrected chi connectivity index (χ2v) is 8.23. The highest BCUT2D eigenvalue weighted by Gasteiger charge is 2.31. The van der Waals surface area contributed by atoms with Gasteiger partial charge >= 0.3 is 0 Å². The molecule has 2 N–H and O–H groups in total. The van der Waals surface area contributed by atoms with Crippen molar-refractivity contribution >= 4 is 23.5 Å². The fraction of sp³-hybridized carbons (Fsp3) is 0.261. The van der Waals surface area contributed by atoms with Gasteiger partial charge < -0.3 is 15.0 Å². The van der Waals surface area contributed by atoms with Crippen LogP contribution in [0.2, 0.25) is 0 Å². The van der Waals surface area contributed by atoms with E-state index in [1.165, 1.54) is 23.9 Å². The van der Waals surface area contributed by atoms with Gasteiger partial charge in [-0.15, -0.1) is 0 Å². The first kappa shape index (κ1) is 21.1. The first-order valence-electron chi connectivity index (χ1n) is 10.1. The monoisotopic (exact) mass is 439 g/mol. The summed E-state index contributed by atoms with van der Waals surface area (Å²) in [5, 5.41) is 3.13. The average Bonchev–Trinajstić information content (AvgIpc) is 2.77. The quantitative estimate of drug-likeness (QED) is 0.419. The smallest absolute Gasteiger partial charge is 0.257 e. The molecule has 0 saturated heterocycles. The molecule has 1 atom stereocenters. The number of carbonyl (C=O) groups excluding carboxylic acids is 1. The molecule has 1 aromatic heterocycles. The number of halogens is 1. The van der Waals surface area contributed by atoms with Gasteiger partial charge in [0.05, 0.1) is 12.2 Å². The molecule has 4 rings (SSSR count).